The molecule has 0 aliphatic carbocycles. The van der Waals surface area contributed by atoms with Crippen molar-refractivity contribution in [2.45, 2.75) is 32.7 Å². The highest BCUT2D eigenvalue weighted by Gasteiger charge is 2.37. The summed E-state index contributed by atoms with van der Waals surface area (Å²) in [5.74, 6) is -3.67. The van der Waals surface area contributed by atoms with Gasteiger partial charge >= 0.3 is 5.97 Å². The van der Waals surface area contributed by atoms with Crippen molar-refractivity contribution in [1.82, 2.24) is 5.32 Å². The molecule has 142 valence electrons. The lowest BCUT2D eigenvalue weighted by molar-refractivity contribution is -0.146. The quantitative estimate of drug-likeness (QED) is 0.780. The smallest absolute Gasteiger partial charge is 0.328 e. The van der Waals surface area contributed by atoms with Crippen LogP contribution in [0.1, 0.15) is 26.7 Å². The number of halogens is 2. The van der Waals surface area contributed by atoms with E-state index in [0.29, 0.717) is 12.5 Å². The summed E-state index contributed by atoms with van der Waals surface area (Å²) in [5, 5.41) is 2.61. The maximum atomic E-state index is 13.9. The first-order chi connectivity index (χ1) is 12.2. The van der Waals surface area contributed by atoms with Crippen LogP contribution < -0.4 is 10.2 Å². The molecule has 1 aromatic carbocycles. The Bertz CT molecular complexity index is 708. The lowest BCUT2D eigenvalue weighted by atomic mass is 10.0. The van der Waals surface area contributed by atoms with E-state index in [1.165, 1.54) is 13.2 Å². The Morgan fingerprint density at radius 2 is 2.04 bits per heavy atom. The molecule has 0 bridgehead atoms. The summed E-state index contributed by atoms with van der Waals surface area (Å²) in [6, 6.07) is 2.10. The van der Waals surface area contributed by atoms with Gasteiger partial charge in [0.05, 0.1) is 18.7 Å². The summed E-state index contributed by atoms with van der Waals surface area (Å²) in [5.41, 5.74) is -0.0709. The molecule has 1 saturated heterocycles. The normalized spacial score (nSPS) is 18.2. The van der Waals surface area contributed by atoms with Crippen molar-refractivity contribution in [3.8, 4) is 0 Å². The third kappa shape index (κ3) is 4.56. The van der Waals surface area contributed by atoms with Gasteiger partial charge in [0.1, 0.15) is 17.7 Å². The number of amides is 2. The maximum absolute atomic E-state index is 13.9. The van der Waals surface area contributed by atoms with Gasteiger partial charge in [-0.05, 0) is 24.5 Å². The molecule has 1 aliphatic rings. The molecule has 0 aromatic heterocycles. The number of nitrogens with one attached hydrogen (secondary N) is 1. The topological polar surface area (TPSA) is 75.7 Å². The predicted octanol–water partition coefficient (Wildman–Crippen LogP) is 2.02. The van der Waals surface area contributed by atoms with Crippen LogP contribution in [-0.2, 0) is 19.1 Å². The lowest BCUT2D eigenvalue weighted by Crippen LogP contribution is -2.45. The van der Waals surface area contributed by atoms with E-state index in [9.17, 15) is 23.2 Å². The van der Waals surface area contributed by atoms with E-state index in [4.69, 9.17) is 4.74 Å². The Balaban J connectivity index is 2.09. The fourth-order valence-electron chi connectivity index (χ4n) is 2.93. The second-order valence-corrected chi connectivity index (χ2v) is 6.72. The molecule has 8 heteroatoms. The Morgan fingerprint density at radius 1 is 1.35 bits per heavy atom. The highest BCUT2D eigenvalue weighted by molar-refractivity contribution is 6.00. The van der Waals surface area contributed by atoms with Gasteiger partial charge in [-0.1, -0.05) is 13.8 Å². The number of nitrogens with zero attached hydrogens (tertiary/aromatic N) is 1. The molecule has 1 heterocycles. The first-order valence-electron chi connectivity index (χ1n) is 8.36. The SMILES string of the molecule is COC(=O)[C@@H](CC(C)C)NC(=O)[C@@H]1CC(=O)N(c2ccc(F)cc2F)C1. The second kappa shape index (κ2) is 8.25. The number of hydrogen-bond donors (Lipinski definition) is 1. The van der Waals surface area contributed by atoms with Gasteiger partial charge in [-0.25, -0.2) is 13.6 Å². The first kappa shape index (κ1) is 19.8. The van der Waals surface area contributed by atoms with E-state index in [1.54, 1.807) is 0 Å². The number of ether oxygens (including phenoxy) is 1. The van der Waals surface area contributed by atoms with Crippen LogP contribution in [0.15, 0.2) is 18.2 Å². The standard InChI is InChI=1S/C18H22F2N2O4/c1-10(2)6-14(18(25)26-3)21-17(24)11-7-16(23)22(9-11)15-5-4-12(19)8-13(15)20/h4-5,8,10-11,14H,6-7,9H2,1-3H3,(H,21,24)/t11-,14-/m1/s1. The van der Waals surface area contributed by atoms with Crippen LogP contribution >= 0.6 is 0 Å². The van der Waals surface area contributed by atoms with E-state index in [-0.39, 0.29) is 24.6 Å². The lowest BCUT2D eigenvalue weighted by Gasteiger charge is -2.21. The minimum Gasteiger partial charge on any atom is -0.467 e. The minimum absolute atomic E-state index is 0.0389. The highest BCUT2D eigenvalue weighted by Crippen LogP contribution is 2.28. The molecule has 0 unspecified atom stereocenters. The van der Waals surface area contributed by atoms with Crippen molar-refractivity contribution in [3.05, 3.63) is 29.8 Å². The van der Waals surface area contributed by atoms with Gasteiger partial charge in [-0.3, -0.25) is 9.59 Å². The summed E-state index contributed by atoms with van der Waals surface area (Å²) in [7, 11) is 1.24. The first-order valence-corrected chi connectivity index (χ1v) is 8.36. The van der Waals surface area contributed by atoms with Gasteiger partial charge < -0.3 is 15.0 Å². The van der Waals surface area contributed by atoms with Crippen molar-refractivity contribution >= 4 is 23.5 Å². The third-order valence-electron chi connectivity index (χ3n) is 4.21. The number of rotatable bonds is 6. The number of benzene rings is 1. The van der Waals surface area contributed by atoms with E-state index in [0.717, 1.165) is 11.0 Å². The predicted molar refractivity (Wildman–Crippen MR) is 90.2 cm³/mol. The van der Waals surface area contributed by atoms with Crippen LogP contribution in [0, 0.1) is 23.5 Å². The molecule has 2 rings (SSSR count). The molecule has 0 radical (unpaired) electrons. The van der Waals surface area contributed by atoms with Crippen molar-refractivity contribution < 1.29 is 27.9 Å². The van der Waals surface area contributed by atoms with Crippen LogP contribution in [0.4, 0.5) is 14.5 Å². The number of esters is 1. The highest BCUT2D eigenvalue weighted by atomic mass is 19.1. The monoisotopic (exact) mass is 368 g/mol. The van der Waals surface area contributed by atoms with Gasteiger partial charge in [0, 0.05) is 19.0 Å². The van der Waals surface area contributed by atoms with Gasteiger partial charge in [0.25, 0.3) is 0 Å². The molecule has 26 heavy (non-hydrogen) atoms. The number of carbonyl (C=O) groups excluding carboxylic acids is 3. The second-order valence-electron chi connectivity index (χ2n) is 6.72. The van der Waals surface area contributed by atoms with Crippen LogP contribution in [0.25, 0.3) is 0 Å². The van der Waals surface area contributed by atoms with Gasteiger partial charge in [-0.15, -0.1) is 0 Å². The van der Waals surface area contributed by atoms with Gasteiger partial charge in [-0.2, -0.15) is 0 Å². The Kier molecular flexibility index (Phi) is 6.28. The number of carbonyl (C=O) groups is 3. The molecule has 0 saturated carbocycles. The summed E-state index contributed by atoms with van der Waals surface area (Å²) >= 11 is 0. The zero-order valence-electron chi connectivity index (χ0n) is 14.9. The van der Waals surface area contributed by atoms with Crippen molar-refractivity contribution in [3.63, 3.8) is 0 Å². The third-order valence-corrected chi connectivity index (χ3v) is 4.21. The maximum Gasteiger partial charge on any atom is 0.328 e. The molecule has 2 atom stereocenters. The van der Waals surface area contributed by atoms with Crippen LogP contribution in [-0.4, -0.2) is 37.5 Å². The summed E-state index contributed by atoms with van der Waals surface area (Å²) < 4.78 is 31.7. The van der Waals surface area contributed by atoms with E-state index in [1.807, 2.05) is 13.8 Å². The molecule has 1 fully saturated rings. The van der Waals surface area contributed by atoms with Crippen LogP contribution in [0.5, 0.6) is 0 Å². The molecular weight excluding hydrogens is 346 g/mol. The molecule has 2 amide bonds. The molecule has 1 N–H and O–H groups in total. The Morgan fingerprint density at radius 3 is 2.62 bits per heavy atom. The average molecular weight is 368 g/mol. The zero-order chi connectivity index (χ0) is 19.4. The largest absolute Gasteiger partial charge is 0.467 e. The molecule has 1 aromatic rings. The number of methoxy groups -OCH3 is 1. The molecular formula is C18H22F2N2O4. The minimum atomic E-state index is -0.869. The fourth-order valence-corrected chi connectivity index (χ4v) is 2.93. The fraction of sp³-hybridized carbons (Fsp3) is 0.500. The average Bonchev–Trinajstić information content (AvgIpc) is 2.95. The number of hydrogen-bond acceptors (Lipinski definition) is 4. The van der Waals surface area contributed by atoms with Crippen LogP contribution in [0.2, 0.25) is 0 Å². The molecule has 6 nitrogen and oxygen atoms in total. The number of anilines is 1. The van der Waals surface area contributed by atoms with E-state index >= 15 is 0 Å². The summed E-state index contributed by atoms with van der Waals surface area (Å²) in [6.45, 7) is 3.77. The molecule has 0 spiro atoms. The van der Waals surface area contributed by atoms with E-state index < -0.39 is 41.4 Å². The van der Waals surface area contributed by atoms with Gasteiger partial charge in [0.2, 0.25) is 11.8 Å². The van der Waals surface area contributed by atoms with Crippen LogP contribution in [0.3, 0.4) is 0 Å². The van der Waals surface area contributed by atoms with Crippen molar-refractivity contribution in [2.24, 2.45) is 11.8 Å². The van der Waals surface area contributed by atoms with E-state index in [2.05, 4.69) is 5.32 Å². The molecule has 1 aliphatic heterocycles. The van der Waals surface area contributed by atoms with Crippen molar-refractivity contribution in [2.75, 3.05) is 18.6 Å². The van der Waals surface area contributed by atoms with Crippen molar-refractivity contribution in [1.29, 1.82) is 0 Å². The summed E-state index contributed by atoms with van der Waals surface area (Å²) in [6.07, 6.45) is 0.285. The zero-order valence-corrected chi connectivity index (χ0v) is 14.9. The Hall–Kier alpha value is -2.51. The van der Waals surface area contributed by atoms with Gasteiger partial charge in [0.15, 0.2) is 0 Å². The summed E-state index contributed by atoms with van der Waals surface area (Å²) in [4.78, 5) is 37.6. The Labute approximate surface area is 150 Å².